The number of carbonyl (C=O) groups excluding carboxylic acids is 1. The second-order valence-electron chi connectivity index (χ2n) is 11.1. The zero-order valence-electron chi connectivity index (χ0n) is 23.7. The normalized spacial score (nSPS) is 17.7. The summed E-state index contributed by atoms with van der Waals surface area (Å²) in [4.78, 5) is 21.9. The number of anilines is 2. The third-order valence-electron chi connectivity index (χ3n) is 7.90. The van der Waals surface area contributed by atoms with Crippen LogP contribution >= 0.6 is 0 Å². The van der Waals surface area contributed by atoms with Crippen molar-refractivity contribution in [2.75, 3.05) is 10.6 Å². The predicted molar refractivity (Wildman–Crippen MR) is 150 cm³/mol. The third kappa shape index (κ3) is 6.75. The van der Waals surface area contributed by atoms with Crippen LogP contribution in [-0.2, 0) is 30.6 Å². The van der Waals surface area contributed by atoms with Crippen LogP contribution in [0.3, 0.4) is 0 Å². The van der Waals surface area contributed by atoms with Crippen molar-refractivity contribution in [3.63, 3.8) is 0 Å². The van der Waals surface area contributed by atoms with Crippen LogP contribution in [0.15, 0.2) is 42.6 Å². The molecule has 2 heterocycles. The molecule has 2 N–H and O–H groups in total. The molecule has 0 bridgehead atoms. The Morgan fingerprint density at radius 1 is 1.00 bits per heavy atom. The van der Waals surface area contributed by atoms with Gasteiger partial charge in [0.2, 0.25) is 11.9 Å². The molecule has 0 atom stereocenters. The second kappa shape index (κ2) is 11.5. The lowest BCUT2D eigenvalue weighted by atomic mass is 9.87. The fourth-order valence-corrected chi connectivity index (χ4v) is 5.51. The van der Waals surface area contributed by atoms with Gasteiger partial charge in [0.25, 0.3) is 0 Å². The first-order valence-electron chi connectivity index (χ1n) is 13.8. The van der Waals surface area contributed by atoms with Crippen molar-refractivity contribution in [1.29, 1.82) is 0 Å². The van der Waals surface area contributed by atoms with E-state index < -0.39 is 41.4 Å². The number of aryl methyl sites for hydroxylation is 2. The monoisotopic (exact) mass is 604 g/mol. The van der Waals surface area contributed by atoms with Crippen molar-refractivity contribution < 1.29 is 31.1 Å². The number of amides is 1. The second-order valence-corrected chi connectivity index (χ2v) is 11.1. The molecule has 228 valence electrons. The lowest BCUT2D eigenvalue weighted by molar-refractivity contribution is -0.142. The van der Waals surface area contributed by atoms with Gasteiger partial charge in [-0.05, 0) is 73.9 Å². The van der Waals surface area contributed by atoms with Gasteiger partial charge in [0, 0.05) is 36.3 Å². The molecule has 43 heavy (non-hydrogen) atoms. The van der Waals surface area contributed by atoms with Crippen LogP contribution in [0.2, 0.25) is 0 Å². The highest BCUT2D eigenvalue weighted by Gasteiger charge is 2.37. The number of nitrogens with zero attached hydrogens (tertiary/aromatic N) is 4. The topological polar surface area (TPSA) is 84.7 Å². The summed E-state index contributed by atoms with van der Waals surface area (Å²) < 4.78 is 81.3. The quantitative estimate of drug-likeness (QED) is 0.222. The molecule has 2 aromatic carbocycles. The molecular formula is C30H30F6N6O. The van der Waals surface area contributed by atoms with Gasteiger partial charge in [0.05, 0.1) is 28.8 Å². The van der Waals surface area contributed by atoms with E-state index >= 15 is 0 Å². The first kappa shape index (κ1) is 30.3. The van der Waals surface area contributed by atoms with Crippen molar-refractivity contribution in [2.24, 2.45) is 13.0 Å². The number of carbonyl (C=O) groups is 1. The summed E-state index contributed by atoms with van der Waals surface area (Å²) in [6, 6.07) is 6.63. The molecule has 5 rings (SSSR count). The lowest BCUT2D eigenvalue weighted by Crippen LogP contribution is -2.26. The number of hydrogen-bond donors (Lipinski definition) is 2. The van der Waals surface area contributed by atoms with Crippen LogP contribution in [0.1, 0.15) is 54.9 Å². The Morgan fingerprint density at radius 2 is 1.72 bits per heavy atom. The molecule has 4 aromatic rings. The van der Waals surface area contributed by atoms with E-state index in [0.717, 1.165) is 40.8 Å². The molecule has 0 aliphatic heterocycles. The number of fused-ring (bicyclic) bond motifs is 1. The van der Waals surface area contributed by atoms with Gasteiger partial charge in [0.15, 0.2) is 5.82 Å². The molecule has 1 aliphatic rings. The Morgan fingerprint density at radius 3 is 2.40 bits per heavy atom. The largest absolute Gasteiger partial charge is 0.416 e. The highest BCUT2D eigenvalue weighted by Crippen LogP contribution is 2.37. The van der Waals surface area contributed by atoms with Crippen LogP contribution in [-0.4, -0.2) is 31.7 Å². The molecule has 1 aliphatic carbocycles. The van der Waals surface area contributed by atoms with E-state index in [1.807, 2.05) is 19.1 Å². The van der Waals surface area contributed by atoms with E-state index in [-0.39, 0.29) is 5.82 Å². The smallest absolute Gasteiger partial charge is 0.351 e. The van der Waals surface area contributed by atoms with Gasteiger partial charge in [-0.2, -0.15) is 31.4 Å². The standard InChI is InChI=1S/C30H30F6N6O/c1-16-4-7-20(8-5-16)38-28-37-15-22-17(2)21(9-11-24(22)39-28)25-14-26(41-42(25)3)40-27(43)13-18-12-19(29(31,32)33)6-10-23(18)30(34,35)36/h6,9-12,14-16,20H,4-5,7-8,13H2,1-3H3,(H,37,38,39)(H,40,41,43). The lowest BCUT2D eigenvalue weighted by Gasteiger charge is -2.26. The Balaban J connectivity index is 1.34. The highest BCUT2D eigenvalue weighted by molar-refractivity contribution is 5.93. The van der Waals surface area contributed by atoms with Crippen molar-refractivity contribution >= 4 is 28.6 Å². The molecule has 1 saturated carbocycles. The molecule has 7 nitrogen and oxygen atoms in total. The average molecular weight is 605 g/mol. The van der Waals surface area contributed by atoms with E-state index in [4.69, 9.17) is 0 Å². The highest BCUT2D eigenvalue weighted by atomic mass is 19.4. The molecule has 0 radical (unpaired) electrons. The molecule has 1 amide bonds. The first-order chi connectivity index (χ1) is 20.2. The Labute approximate surface area is 243 Å². The van der Waals surface area contributed by atoms with Gasteiger partial charge in [-0.25, -0.2) is 9.97 Å². The van der Waals surface area contributed by atoms with E-state index in [2.05, 4.69) is 32.6 Å². The van der Waals surface area contributed by atoms with Gasteiger partial charge >= 0.3 is 12.4 Å². The minimum absolute atomic E-state index is 0.0418. The third-order valence-corrected chi connectivity index (χ3v) is 7.90. The van der Waals surface area contributed by atoms with E-state index in [0.29, 0.717) is 35.9 Å². The molecule has 1 fully saturated rings. The molecule has 0 unspecified atom stereocenters. The summed E-state index contributed by atoms with van der Waals surface area (Å²) in [6.45, 7) is 4.16. The number of benzene rings is 2. The average Bonchev–Trinajstić information content (AvgIpc) is 3.28. The molecule has 0 spiro atoms. The van der Waals surface area contributed by atoms with Gasteiger partial charge in [-0.15, -0.1) is 0 Å². The maximum atomic E-state index is 13.4. The minimum Gasteiger partial charge on any atom is -0.351 e. The number of aromatic nitrogens is 4. The Kier molecular flexibility index (Phi) is 8.10. The predicted octanol–water partition coefficient (Wildman–Crippen LogP) is 7.55. The fraction of sp³-hybridized carbons (Fsp3) is 0.400. The number of alkyl halides is 6. The molecular weight excluding hydrogens is 574 g/mol. The SMILES string of the molecule is Cc1c(-c2cc(NC(=O)Cc3cc(C(F)(F)F)ccc3C(F)(F)F)nn2C)ccc2nc(NC3CCC(C)CC3)ncc12. The van der Waals surface area contributed by atoms with Gasteiger partial charge < -0.3 is 10.6 Å². The number of halogens is 6. The van der Waals surface area contributed by atoms with Gasteiger partial charge in [0.1, 0.15) is 0 Å². The number of nitrogens with one attached hydrogen (secondary N) is 2. The van der Waals surface area contributed by atoms with E-state index in [1.165, 1.54) is 17.5 Å². The number of hydrogen-bond acceptors (Lipinski definition) is 5. The van der Waals surface area contributed by atoms with Crippen molar-refractivity contribution in [2.45, 2.75) is 64.3 Å². The van der Waals surface area contributed by atoms with Crippen LogP contribution < -0.4 is 10.6 Å². The molecule has 13 heteroatoms. The number of rotatable bonds is 6. The van der Waals surface area contributed by atoms with Crippen LogP contribution in [0.25, 0.3) is 22.2 Å². The summed E-state index contributed by atoms with van der Waals surface area (Å²) in [6.07, 6.45) is -4.48. The summed E-state index contributed by atoms with van der Waals surface area (Å²) >= 11 is 0. The molecule has 0 saturated heterocycles. The maximum absolute atomic E-state index is 13.4. The van der Waals surface area contributed by atoms with Crippen molar-refractivity contribution in [3.8, 4) is 11.3 Å². The molecule has 2 aromatic heterocycles. The fourth-order valence-electron chi connectivity index (χ4n) is 5.51. The summed E-state index contributed by atoms with van der Waals surface area (Å²) in [7, 11) is 1.64. The van der Waals surface area contributed by atoms with Crippen LogP contribution in [0, 0.1) is 12.8 Å². The van der Waals surface area contributed by atoms with Gasteiger partial charge in [-0.1, -0.05) is 13.0 Å². The zero-order chi connectivity index (χ0) is 31.1. The van der Waals surface area contributed by atoms with Crippen molar-refractivity contribution in [1.82, 2.24) is 19.7 Å². The minimum atomic E-state index is -4.93. The van der Waals surface area contributed by atoms with E-state index in [9.17, 15) is 31.1 Å². The zero-order valence-corrected chi connectivity index (χ0v) is 23.7. The Hall–Kier alpha value is -4.16. The van der Waals surface area contributed by atoms with E-state index in [1.54, 1.807) is 19.3 Å². The summed E-state index contributed by atoms with van der Waals surface area (Å²) in [5, 5.41) is 10.9. The first-order valence-corrected chi connectivity index (χ1v) is 13.8. The van der Waals surface area contributed by atoms with Gasteiger partial charge in [-0.3, -0.25) is 9.48 Å². The van der Waals surface area contributed by atoms with Crippen molar-refractivity contribution in [3.05, 3.63) is 64.8 Å². The van der Waals surface area contributed by atoms with Crippen LogP contribution in [0.5, 0.6) is 0 Å². The van der Waals surface area contributed by atoms with Crippen LogP contribution in [0.4, 0.5) is 38.1 Å². The maximum Gasteiger partial charge on any atom is 0.416 e. The summed E-state index contributed by atoms with van der Waals surface area (Å²) in [5.74, 6) is 0.403. The Bertz CT molecular complexity index is 1650. The summed E-state index contributed by atoms with van der Waals surface area (Å²) in [5.41, 5.74) is -0.388.